The number of carbonyl (C=O) groups excluding carboxylic acids is 1. The Morgan fingerprint density at radius 1 is 1.18 bits per heavy atom. The van der Waals surface area contributed by atoms with Crippen LogP contribution in [0.15, 0.2) is 53.9 Å². The van der Waals surface area contributed by atoms with E-state index < -0.39 is 0 Å². The number of amides is 1. The van der Waals surface area contributed by atoms with Gasteiger partial charge in [0.2, 0.25) is 0 Å². The molecule has 5 nitrogen and oxygen atoms in total. The van der Waals surface area contributed by atoms with E-state index in [2.05, 4.69) is 22.1 Å². The number of thiazole rings is 1. The lowest BCUT2D eigenvalue weighted by Crippen LogP contribution is -2.36. The summed E-state index contributed by atoms with van der Waals surface area (Å²) in [4.78, 5) is 23.0. The highest BCUT2D eigenvalue weighted by molar-refractivity contribution is 7.13. The average molecular weight is 389 g/mol. The van der Waals surface area contributed by atoms with Crippen LogP contribution in [0.25, 0.3) is 21.5 Å². The Balaban J connectivity index is 1.39. The van der Waals surface area contributed by atoms with Crippen molar-refractivity contribution in [1.29, 1.82) is 0 Å². The molecule has 0 saturated carbocycles. The van der Waals surface area contributed by atoms with Gasteiger partial charge < -0.3 is 14.6 Å². The number of para-hydroxylation sites is 1. The Kier molecular flexibility index (Phi) is 4.13. The number of rotatable bonds is 3. The van der Waals surface area contributed by atoms with E-state index in [0.717, 1.165) is 28.3 Å². The lowest BCUT2D eigenvalue weighted by Gasteiger charge is -2.26. The maximum absolute atomic E-state index is 13.1. The van der Waals surface area contributed by atoms with Crippen molar-refractivity contribution in [1.82, 2.24) is 14.9 Å². The van der Waals surface area contributed by atoms with Crippen molar-refractivity contribution in [2.45, 2.75) is 13.0 Å². The van der Waals surface area contributed by atoms with E-state index in [1.807, 2.05) is 46.7 Å². The second-order valence-electron chi connectivity index (χ2n) is 6.87. The molecule has 0 atom stereocenters. The number of ether oxygens (including phenoxy) is 1. The Bertz CT molecular complexity index is 1160. The SMILES string of the molecule is COc1ccc(-c2nc(C(=O)N3CCc4[nH]c5ccccc5c4C3)cs2)cc1. The zero-order valence-electron chi connectivity index (χ0n) is 15.4. The lowest BCUT2D eigenvalue weighted by molar-refractivity contribution is 0.0730. The number of aromatic amines is 1. The molecule has 1 amide bonds. The quantitative estimate of drug-likeness (QED) is 0.561. The van der Waals surface area contributed by atoms with Gasteiger partial charge in [-0.1, -0.05) is 18.2 Å². The Morgan fingerprint density at radius 2 is 2.00 bits per heavy atom. The van der Waals surface area contributed by atoms with Crippen molar-refractivity contribution in [2.75, 3.05) is 13.7 Å². The molecule has 140 valence electrons. The number of nitrogens with one attached hydrogen (secondary N) is 1. The number of benzene rings is 2. The molecule has 0 saturated heterocycles. The minimum atomic E-state index is -0.00746. The first-order valence-electron chi connectivity index (χ1n) is 9.20. The largest absolute Gasteiger partial charge is 0.497 e. The van der Waals surface area contributed by atoms with Crippen molar-refractivity contribution in [2.24, 2.45) is 0 Å². The monoisotopic (exact) mass is 389 g/mol. The van der Waals surface area contributed by atoms with Gasteiger partial charge in [0, 0.05) is 52.6 Å². The summed E-state index contributed by atoms with van der Waals surface area (Å²) >= 11 is 1.49. The number of H-pyrrole nitrogens is 1. The van der Waals surface area contributed by atoms with E-state index >= 15 is 0 Å². The molecule has 3 heterocycles. The predicted molar refractivity (Wildman–Crippen MR) is 111 cm³/mol. The first-order chi connectivity index (χ1) is 13.7. The number of fused-ring (bicyclic) bond motifs is 3. The van der Waals surface area contributed by atoms with Crippen molar-refractivity contribution in [3.8, 4) is 16.3 Å². The molecule has 0 aliphatic carbocycles. The normalized spacial score (nSPS) is 13.5. The van der Waals surface area contributed by atoms with Crippen LogP contribution >= 0.6 is 11.3 Å². The summed E-state index contributed by atoms with van der Waals surface area (Å²) in [5, 5.41) is 3.90. The number of hydrogen-bond donors (Lipinski definition) is 1. The van der Waals surface area contributed by atoms with Gasteiger partial charge in [0.25, 0.3) is 5.91 Å². The molecule has 6 heteroatoms. The summed E-state index contributed by atoms with van der Waals surface area (Å²) < 4.78 is 5.20. The van der Waals surface area contributed by atoms with Crippen LogP contribution in [0, 0.1) is 0 Å². The van der Waals surface area contributed by atoms with Gasteiger partial charge in [-0.25, -0.2) is 4.98 Å². The van der Waals surface area contributed by atoms with Crippen LogP contribution in [0.2, 0.25) is 0 Å². The van der Waals surface area contributed by atoms with Crippen molar-refractivity contribution in [3.63, 3.8) is 0 Å². The maximum Gasteiger partial charge on any atom is 0.273 e. The topological polar surface area (TPSA) is 58.2 Å². The van der Waals surface area contributed by atoms with Gasteiger partial charge in [0.05, 0.1) is 7.11 Å². The summed E-state index contributed by atoms with van der Waals surface area (Å²) in [7, 11) is 1.65. The van der Waals surface area contributed by atoms with Crippen LogP contribution in [0.3, 0.4) is 0 Å². The van der Waals surface area contributed by atoms with Crippen LogP contribution in [0.4, 0.5) is 0 Å². The molecule has 28 heavy (non-hydrogen) atoms. The van der Waals surface area contributed by atoms with Gasteiger partial charge >= 0.3 is 0 Å². The van der Waals surface area contributed by atoms with E-state index in [-0.39, 0.29) is 5.91 Å². The zero-order chi connectivity index (χ0) is 19.1. The predicted octanol–water partition coefficient (Wildman–Crippen LogP) is 4.50. The van der Waals surface area contributed by atoms with Crippen molar-refractivity contribution >= 4 is 28.1 Å². The lowest BCUT2D eigenvalue weighted by atomic mass is 10.0. The van der Waals surface area contributed by atoms with Crippen molar-refractivity contribution < 1.29 is 9.53 Å². The van der Waals surface area contributed by atoms with E-state index in [4.69, 9.17) is 4.74 Å². The molecule has 5 rings (SSSR count). The number of carbonyl (C=O) groups is 1. The number of nitrogens with zero attached hydrogens (tertiary/aromatic N) is 2. The van der Waals surface area contributed by atoms with Crippen LogP contribution < -0.4 is 4.74 Å². The molecule has 0 fully saturated rings. The number of methoxy groups -OCH3 is 1. The Labute approximate surface area is 166 Å². The van der Waals surface area contributed by atoms with Gasteiger partial charge in [-0.2, -0.15) is 0 Å². The third-order valence-corrected chi connectivity index (χ3v) is 6.12. The van der Waals surface area contributed by atoms with E-state index in [9.17, 15) is 4.79 Å². The third kappa shape index (κ3) is 2.86. The minimum absolute atomic E-state index is 0.00746. The number of aromatic nitrogens is 2. The third-order valence-electron chi connectivity index (χ3n) is 5.23. The fourth-order valence-electron chi connectivity index (χ4n) is 3.74. The highest BCUT2D eigenvalue weighted by Crippen LogP contribution is 2.30. The smallest absolute Gasteiger partial charge is 0.273 e. The maximum atomic E-state index is 13.1. The van der Waals surface area contributed by atoms with Crippen LogP contribution in [0.5, 0.6) is 5.75 Å². The van der Waals surface area contributed by atoms with Crippen LogP contribution in [0.1, 0.15) is 21.7 Å². The molecule has 1 aliphatic rings. The molecule has 4 aromatic rings. The highest BCUT2D eigenvalue weighted by Gasteiger charge is 2.26. The highest BCUT2D eigenvalue weighted by atomic mass is 32.1. The Morgan fingerprint density at radius 3 is 2.82 bits per heavy atom. The van der Waals surface area contributed by atoms with Gasteiger partial charge in [-0.05, 0) is 30.3 Å². The molecule has 1 N–H and O–H groups in total. The van der Waals surface area contributed by atoms with E-state index in [0.29, 0.717) is 18.8 Å². The van der Waals surface area contributed by atoms with Gasteiger partial charge in [-0.3, -0.25) is 4.79 Å². The minimum Gasteiger partial charge on any atom is -0.497 e. The average Bonchev–Trinajstić information content (AvgIpc) is 3.38. The van der Waals surface area contributed by atoms with Crippen LogP contribution in [-0.2, 0) is 13.0 Å². The molecule has 0 bridgehead atoms. The zero-order valence-corrected chi connectivity index (χ0v) is 16.3. The van der Waals surface area contributed by atoms with E-state index in [1.54, 1.807) is 7.11 Å². The summed E-state index contributed by atoms with van der Waals surface area (Å²) in [5.41, 5.74) is 5.10. The second kappa shape index (κ2) is 6.80. The molecule has 1 aliphatic heterocycles. The summed E-state index contributed by atoms with van der Waals surface area (Å²) in [5.74, 6) is 0.798. The fourth-order valence-corrected chi connectivity index (χ4v) is 4.54. The van der Waals surface area contributed by atoms with Gasteiger partial charge in [0.1, 0.15) is 16.5 Å². The summed E-state index contributed by atoms with van der Waals surface area (Å²) in [6, 6.07) is 16.0. The molecule has 0 spiro atoms. The molecule has 2 aromatic heterocycles. The summed E-state index contributed by atoms with van der Waals surface area (Å²) in [6.07, 6.45) is 0.839. The molecule has 2 aromatic carbocycles. The Hall–Kier alpha value is -3.12. The van der Waals surface area contributed by atoms with E-state index in [1.165, 1.54) is 28.0 Å². The van der Waals surface area contributed by atoms with Crippen LogP contribution in [-0.4, -0.2) is 34.4 Å². The standard InChI is InChI=1S/C22H19N3O2S/c1-27-15-8-6-14(7-9-15)21-24-20(13-28-21)22(26)25-11-10-19-17(12-25)16-4-2-3-5-18(16)23-19/h2-9,13,23H,10-12H2,1H3. The van der Waals surface area contributed by atoms with Gasteiger partial charge in [-0.15, -0.1) is 11.3 Å². The van der Waals surface area contributed by atoms with Gasteiger partial charge in [0.15, 0.2) is 0 Å². The van der Waals surface area contributed by atoms with Crippen molar-refractivity contribution in [3.05, 3.63) is 70.9 Å². The molecule has 0 unspecified atom stereocenters. The molecular formula is C22H19N3O2S. The number of hydrogen-bond acceptors (Lipinski definition) is 4. The summed E-state index contributed by atoms with van der Waals surface area (Å²) in [6.45, 7) is 1.32. The molecular weight excluding hydrogens is 370 g/mol. The fraction of sp³-hybridized carbons (Fsp3) is 0.182. The first kappa shape index (κ1) is 17.0. The molecule has 0 radical (unpaired) electrons. The second-order valence-corrected chi connectivity index (χ2v) is 7.73. The first-order valence-corrected chi connectivity index (χ1v) is 10.1.